The number of furan rings is 1. The third-order valence-corrected chi connectivity index (χ3v) is 6.25. The molecule has 2 aromatic heterocycles. The Labute approximate surface area is 219 Å². The summed E-state index contributed by atoms with van der Waals surface area (Å²) in [5.74, 6) is 1.23. The highest BCUT2D eigenvalue weighted by molar-refractivity contribution is 6.02. The number of aryl methyl sites for hydroxylation is 2. The van der Waals surface area contributed by atoms with Crippen LogP contribution in [0.4, 0.5) is 18.9 Å². The monoisotopic (exact) mass is 525 g/mol. The Morgan fingerprint density at radius 2 is 1.84 bits per heavy atom. The number of hydrogen-bond acceptors (Lipinski definition) is 4. The van der Waals surface area contributed by atoms with E-state index in [2.05, 4.69) is 24.3 Å². The van der Waals surface area contributed by atoms with Gasteiger partial charge in [0.25, 0.3) is 5.91 Å². The van der Waals surface area contributed by atoms with Crippen molar-refractivity contribution in [1.82, 2.24) is 9.78 Å². The number of ether oxygens (including phenoxy) is 1. The van der Waals surface area contributed by atoms with Crippen LogP contribution in [0, 0.1) is 20.8 Å². The molecule has 0 saturated carbocycles. The first-order chi connectivity index (χ1) is 17.9. The van der Waals surface area contributed by atoms with E-state index >= 15 is 0 Å². The number of anilines is 1. The topological polar surface area (TPSA) is 69.3 Å². The minimum absolute atomic E-state index is 0.112. The van der Waals surface area contributed by atoms with E-state index in [0.717, 1.165) is 29.0 Å². The molecule has 0 saturated heterocycles. The molecule has 0 radical (unpaired) electrons. The van der Waals surface area contributed by atoms with Crippen LogP contribution in [0.15, 0.2) is 59.0 Å². The van der Waals surface area contributed by atoms with E-state index in [1.54, 1.807) is 36.7 Å². The lowest BCUT2D eigenvalue weighted by molar-refractivity contribution is -0.137. The number of hydrogen-bond donors (Lipinski definition) is 1. The maximum absolute atomic E-state index is 13.1. The molecule has 0 aliphatic carbocycles. The summed E-state index contributed by atoms with van der Waals surface area (Å²) in [4.78, 5) is 12.9. The van der Waals surface area contributed by atoms with Gasteiger partial charge < -0.3 is 14.5 Å². The van der Waals surface area contributed by atoms with Crippen LogP contribution in [0.1, 0.15) is 69.7 Å². The summed E-state index contributed by atoms with van der Waals surface area (Å²) < 4.78 is 52.5. The first-order valence-corrected chi connectivity index (χ1v) is 12.3. The van der Waals surface area contributed by atoms with E-state index in [1.165, 1.54) is 6.07 Å². The number of aromatic nitrogens is 2. The van der Waals surface area contributed by atoms with Crippen LogP contribution in [0.5, 0.6) is 5.75 Å². The van der Waals surface area contributed by atoms with Crippen LogP contribution < -0.4 is 10.1 Å². The lowest BCUT2D eigenvalue weighted by Gasteiger charge is -2.14. The van der Waals surface area contributed by atoms with E-state index in [-0.39, 0.29) is 18.9 Å². The highest BCUT2D eigenvalue weighted by Crippen LogP contribution is 2.31. The number of carbonyl (C=O) groups is 1. The number of halogens is 3. The second kappa shape index (κ2) is 10.8. The molecule has 9 heteroatoms. The van der Waals surface area contributed by atoms with Crippen molar-refractivity contribution in [2.75, 3.05) is 5.32 Å². The molecule has 0 bridgehead atoms. The molecule has 6 nitrogen and oxygen atoms in total. The van der Waals surface area contributed by atoms with Crippen molar-refractivity contribution < 1.29 is 27.1 Å². The van der Waals surface area contributed by atoms with Crippen molar-refractivity contribution in [3.63, 3.8) is 0 Å². The molecule has 1 N–H and O–H groups in total. The molecule has 4 rings (SSSR count). The van der Waals surface area contributed by atoms with E-state index in [4.69, 9.17) is 9.15 Å². The standard InChI is InChI=1S/C29H30F3N3O3/c1-17(2)24-11-9-18(3)13-26(24)37-16-23-10-12-25(38-23)28(36)33-27-19(4)34-35(20(27)5)15-21-7-6-8-22(14-21)29(30,31)32/h6-14,17H,15-16H2,1-5H3,(H,33,36). The van der Waals surface area contributed by atoms with E-state index < -0.39 is 17.6 Å². The normalized spacial score (nSPS) is 11.7. The SMILES string of the molecule is Cc1ccc(C(C)C)c(OCc2ccc(C(=O)Nc3c(C)nn(Cc4cccc(C(F)(F)F)c4)c3C)o2)c1. The summed E-state index contributed by atoms with van der Waals surface area (Å²) >= 11 is 0. The smallest absolute Gasteiger partial charge is 0.416 e. The van der Waals surface area contributed by atoms with E-state index in [9.17, 15) is 18.0 Å². The van der Waals surface area contributed by atoms with Crippen LogP contribution in [0.25, 0.3) is 0 Å². The second-order valence-corrected chi connectivity index (χ2v) is 9.61. The number of carbonyl (C=O) groups excluding carboxylic acids is 1. The lowest BCUT2D eigenvalue weighted by atomic mass is 10.0. The van der Waals surface area contributed by atoms with Crippen molar-refractivity contribution >= 4 is 11.6 Å². The zero-order valence-electron chi connectivity index (χ0n) is 21.9. The largest absolute Gasteiger partial charge is 0.485 e. The molecule has 2 heterocycles. The summed E-state index contributed by atoms with van der Waals surface area (Å²) in [5, 5.41) is 7.23. The van der Waals surface area contributed by atoms with Crippen LogP contribution in [-0.2, 0) is 19.3 Å². The Kier molecular flexibility index (Phi) is 7.66. The molecule has 0 aliphatic heterocycles. The zero-order valence-corrected chi connectivity index (χ0v) is 21.9. The Balaban J connectivity index is 1.44. The lowest BCUT2D eigenvalue weighted by Crippen LogP contribution is -2.13. The summed E-state index contributed by atoms with van der Waals surface area (Å²) in [6.45, 7) is 9.96. The maximum Gasteiger partial charge on any atom is 0.416 e. The number of nitrogens with one attached hydrogen (secondary N) is 1. The van der Waals surface area contributed by atoms with Gasteiger partial charge in [0.2, 0.25) is 0 Å². The fourth-order valence-electron chi connectivity index (χ4n) is 4.20. The highest BCUT2D eigenvalue weighted by Gasteiger charge is 2.30. The number of benzene rings is 2. The minimum Gasteiger partial charge on any atom is -0.485 e. The molecule has 1 amide bonds. The fraction of sp³-hybridized carbons (Fsp3) is 0.310. The predicted octanol–water partition coefficient (Wildman–Crippen LogP) is 7.42. The summed E-state index contributed by atoms with van der Waals surface area (Å²) in [6.07, 6.45) is -4.42. The molecular weight excluding hydrogens is 495 g/mol. The van der Waals surface area contributed by atoms with Gasteiger partial charge in [-0.05, 0) is 73.7 Å². The summed E-state index contributed by atoms with van der Waals surface area (Å²) in [7, 11) is 0. The molecule has 0 atom stereocenters. The van der Waals surface area contributed by atoms with Gasteiger partial charge in [-0.2, -0.15) is 18.3 Å². The molecule has 4 aromatic rings. The van der Waals surface area contributed by atoms with Crippen LogP contribution in [0.3, 0.4) is 0 Å². The third-order valence-electron chi connectivity index (χ3n) is 6.25. The van der Waals surface area contributed by atoms with Gasteiger partial charge in [0.15, 0.2) is 5.76 Å². The Morgan fingerprint density at radius 1 is 1.08 bits per heavy atom. The van der Waals surface area contributed by atoms with Gasteiger partial charge in [0.05, 0.1) is 29.2 Å². The molecule has 38 heavy (non-hydrogen) atoms. The molecule has 2 aromatic carbocycles. The Bertz CT molecular complexity index is 1450. The van der Waals surface area contributed by atoms with Crippen molar-refractivity contribution in [2.45, 2.75) is 59.9 Å². The maximum atomic E-state index is 13.1. The van der Waals surface area contributed by atoms with E-state index in [0.29, 0.717) is 34.3 Å². The van der Waals surface area contributed by atoms with Crippen molar-refractivity contribution in [3.05, 3.63) is 99.8 Å². The quantitative estimate of drug-likeness (QED) is 0.260. The molecule has 0 unspecified atom stereocenters. The second-order valence-electron chi connectivity index (χ2n) is 9.61. The average molecular weight is 526 g/mol. The number of rotatable bonds is 8. The van der Waals surface area contributed by atoms with Crippen LogP contribution >= 0.6 is 0 Å². The van der Waals surface area contributed by atoms with Crippen LogP contribution in [-0.4, -0.2) is 15.7 Å². The first kappa shape index (κ1) is 27.0. The fourth-order valence-corrected chi connectivity index (χ4v) is 4.20. The molecule has 0 spiro atoms. The van der Waals surface area contributed by atoms with Gasteiger partial charge in [-0.3, -0.25) is 9.48 Å². The number of alkyl halides is 3. The molecule has 0 aliphatic rings. The van der Waals surface area contributed by atoms with Gasteiger partial charge >= 0.3 is 6.18 Å². The Morgan fingerprint density at radius 3 is 2.55 bits per heavy atom. The van der Waals surface area contributed by atoms with E-state index in [1.807, 2.05) is 25.1 Å². The van der Waals surface area contributed by atoms with Gasteiger partial charge in [-0.25, -0.2) is 0 Å². The van der Waals surface area contributed by atoms with Crippen molar-refractivity contribution in [1.29, 1.82) is 0 Å². The number of nitrogens with zero attached hydrogens (tertiary/aromatic N) is 2. The van der Waals surface area contributed by atoms with Crippen molar-refractivity contribution in [3.8, 4) is 5.75 Å². The van der Waals surface area contributed by atoms with Gasteiger partial charge in [-0.15, -0.1) is 0 Å². The molecule has 200 valence electrons. The predicted molar refractivity (Wildman–Crippen MR) is 139 cm³/mol. The summed E-state index contributed by atoms with van der Waals surface area (Å²) in [5.41, 5.74) is 3.55. The zero-order chi connectivity index (χ0) is 27.6. The van der Waals surface area contributed by atoms with Gasteiger partial charge in [0, 0.05) is 0 Å². The summed E-state index contributed by atoms with van der Waals surface area (Å²) in [6, 6.07) is 14.4. The van der Waals surface area contributed by atoms with Crippen LogP contribution in [0.2, 0.25) is 0 Å². The van der Waals surface area contributed by atoms with Gasteiger partial charge in [0.1, 0.15) is 18.1 Å². The first-order valence-electron chi connectivity index (χ1n) is 12.3. The third kappa shape index (κ3) is 6.10. The average Bonchev–Trinajstić information content (AvgIpc) is 3.43. The molecular formula is C29H30F3N3O3. The molecule has 0 fully saturated rings. The number of amides is 1. The highest BCUT2D eigenvalue weighted by atomic mass is 19.4. The van der Waals surface area contributed by atoms with Gasteiger partial charge in [-0.1, -0.05) is 38.1 Å². The minimum atomic E-state index is -4.42. The Hall–Kier alpha value is -4.01. The van der Waals surface area contributed by atoms with Crippen molar-refractivity contribution in [2.24, 2.45) is 0 Å².